The number of fused-ring (bicyclic) bond motifs is 3. The van der Waals surface area contributed by atoms with Gasteiger partial charge in [-0.25, -0.2) is 0 Å². The number of rotatable bonds is 4. The molecule has 2 heteroatoms. The minimum absolute atomic E-state index is 0.00776. The van der Waals surface area contributed by atoms with Gasteiger partial charge in [-0.05, 0) is 132 Å². The van der Waals surface area contributed by atoms with E-state index < -0.39 is 0 Å². The summed E-state index contributed by atoms with van der Waals surface area (Å²) in [7, 11) is 0. The average molecular weight is 656 g/mol. The molecule has 5 aliphatic carbocycles. The van der Waals surface area contributed by atoms with Crippen molar-refractivity contribution in [3.63, 3.8) is 0 Å². The summed E-state index contributed by atoms with van der Waals surface area (Å²) in [5, 5.41) is 0. The lowest BCUT2D eigenvalue weighted by Gasteiger charge is -2.63. The minimum Gasteiger partial charge on any atom is -0.455 e. The second kappa shape index (κ2) is 10.8. The quantitative estimate of drug-likeness (QED) is 0.191. The molecule has 2 nitrogen and oxygen atoms in total. The molecule has 50 heavy (non-hydrogen) atoms. The monoisotopic (exact) mass is 655 g/mol. The highest BCUT2D eigenvalue weighted by Crippen LogP contribution is 2.70. The summed E-state index contributed by atoms with van der Waals surface area (Å²) in [4.78, 5) is 2.56. The molecule has 1 aliphatic heterocycles. The van der Waals surface area contributed by atoms with E-state index in [2.05, 4.69) is 148 Å². The summed E-state index contributed by atoms with van der Waals surface area (Å²) in [5.74, 6) is 5.25. The zero-order valence-corrected chi connectivity index (χ0v) is 30.1. The second-order valence-electron chi connectivity index (χ2n) is 17.6. The van der Waals surface area contributed by atoms with Crippen molar-refractivity contribution < 1.29 is 4.74 Å². The van der Waals surface area contributed by atoms with Crippen LogP contribution in [0.2, 0.25) is 0 Å². The van der Waals surface area contributed by atoms with E-state index in [9.17, 15) is 0 Å². The van der Waals surface area contributed by atoms with Crippen LogP contribution in [-0.2, 0) is 16.2 Å². The van der Waals surface area contributed by atoms with Crippen LogP contribution in [0.25, 0.3) is 11.1 Å². The molecular weight excluding hydrogens is 607 g/mol. The summed E-state index contributed by atoms with van der Waals surface area (Å²) in [6, 6.07) is 43.3. The van der Waals surface area contributed by atoms with Gasteiger partial charge in [-0.1, -0.05) is 113 Å². The Morgan fingerprint density at radius 2 is 1.10 bits per heavy atom. The standard InChI is InChI=1S/C48H49NO/c1-46(2)24-25-47(3,4)44-39(46)15-10-17-41(44)49(37-22-20-34(21-23-37)33-12-6-5-7-13-33)42-18-11-16-40-45(42)50-43-19-9-8-14-38(43)48(40)35-27-31-26-32(29-35)30-36(48)28-31/h5-23,31-32,35-36H,24-30H2,1-4H3. The zero-order chi connectivity index (χ0) is 33.8. The predicted octanol–water partition coefficient (Wildman–Crippen LogP) is 13.0. The topological polar surface area (TPSA) is 12.5 Å². The lowest BCUT2D eigenvalue weighted by Crippen LogP contribution is -2.57. The Morgan fingerprint density at radius 3 is 1.82 bits per heavy atom. The Hall–Kier alpha value is -4.30. The Kier molecular flexibility index (Phi) is 6.62. The molecule has 0 unspecified atom stereocenters. The van der Waals surface area contributed by atoms with Crippen molar-refractivity contribution in [2.45, 2.75) is 88.9 Å². The highest BCUT2D eigenvalue weighted by atomic mass is 16.5. The van der Waals surface area contributed by atoms with Gasteiger partial charge in [0.1, 0.15) is 5.75 Å². The molecular formula is C48H49NO. The third-order valence-corrected chi connectivity index (χ3v) is 13.9. The molecule has 1 spiro atoms. The summed E-state index contributed by atoms with van der Waals surface area (Å²) >= 11 is 0. The van der Waals surface area contributed by atoms with Gasteiger partial charge in [0.25, 0.3) is 0 Å². The van der Waals surface area contributed by atoms with Gasteiger partial charge in [0.15, 0.2) is 5.75 Å². The number of hydrogen-bond donors (Lipinski definition) is 0. The Morgan fingerprint density at radius 1 is 0.520 bits per heavy atom. The van der Waals surface area contributed by atoms with Crippen LogP contribution in [0.1, 0.15) is 94.9 Å². The maximum absolute atomic E-state index is 7.25. The van der Waals surface area contributed by atoms with Crippen molar-refractivity contribution in [2.75, 3.05) is 4.90 Å². The van der Waals surface area contributed by atoms with Crippen molar-refractivity contribution in [2.24, 2.45) is 23.7 Å². The molecule has 11 rings (SSSR count). The molecule has 5 aromatic rings. The summed E-state index contributed by atoms with van der Waals surface area (Å²) < 4.78 is 7.25. The van der Waals surface area contributed by atoms with Crippen LogP contribution in [0, 0.1) is 23.7 Å². The Bertz CT molecular complexity index is 2080. The number of hydrogen-bond acceptors (Lipinski definition) is 2. The first kappa shape index (κ1) is 30.5. The largest absolute Gasteiger partial charge is 0.455 e. The van der Waals surface area contributed by atoms with Gasteiger partial charge < -0.3 is 9.64 Å². The molecule has 4 fully saturated rings. The first-order chi connectivity index (χ1) is 24.2. The summed E-state index contributed by atoms with van der Waals surface area (Å²) in [6.07, 6.45) is 9.21. The van der Waals surface area contributed by atoms with Gasteiger partial charge in [0.2, 0.25) is 0 Å². The zero-order valence-electron chi connectivity index (χ0n) is 30.1. The number of anilines is 3. The van der Waals surface area contributed by atoms with Gasteiger partial charge in [-0.15, -0.1) is 0 Å². The van der Waals surface area contributed by atoms with Crippen molar-refractivity contribution in [1.82, 2.24) is 0 Å². The second-order valence-corrected chi connectivity index (χ2v) is 17.6. The maximum Gasteiger partial charge on any atom is 0.155 e. The average Bonchev–Trinajstić information content (AvgIpc) is 3.13. The maximum atomic E-state index is 7.25. The molecule has 252 valence electrons. The first-order valence-electron chi connectivity index (χ1n) is 19.2. The lowest BCUT2D eigenvalue weighted by molar-refractivity contribution is -0.0451. The third kappa shape index (κ3) is 4.33. The van der Waals surface area contributed by atoms with Crippen LogP contribution in [0.5, 0.6) is 11.5 Å². The van der Waals surface area contributed by atoms with Crippen LogP contribution < -0.4 is 9.64 Å². The van der Waals surface area contributed by atoms with Crippen molar-refractivity contribution in [3.05, 3.63) is 138 Å². The molecule has 0 amide bonds. The Balaban J connectivity index is 1.22. The number of nitrogens with zero attached hydrogens (tertiary/aromatic N) is 1. The number of benzene rings is 5. The van der Waals surface area contributed by atoms with Crippen molar-refractivity contribution in [3.8, 4) is 22.6 Å². The molecule has 6 aliphatic rings. The highest BCUT2D eigenvalue weighted by Gasteiger charge is 2.61. The van der Waals surface area contributed by atoms with E-state index in [-0.39, 0.29) is 16.2 Å². The molecule has 0 aromatic heterocycles. The van der Waals surface area contributed by atoms with Crippen LogP contribution in [0.15, 0.2) is 115 Å². The van der Waals surface area contributed by atoms with Gasteiger partial charge >= 0.3 is 0 Å². The molecule has 0 atom stereocenters. The lowest BCUT2D eigenvalue weighted by atomic mass is 9.42. The van der Waals surface area contributed by atoms with Crippen LogP contribution in [0.3, 0.4) is 0 Å². The molecule has 4 saturated carbocycles. The SMILES string of the molecule is CC1(C)CCC(C)(C)c2c(N(c3ccc(-c4ccccc4)cc3)c3cccc4c3Oc3ccccc3C43C4CC5CC(C4)CC3C5)cccc21. The minimum atomic E-state index is 0.00776. The van der Waals surface area contributed by atoms with Crippen LogP contribution in [-0.4, -0.2) is 0 Å². The molecule has 0 saturated heterocycles. The van der Waals surface area contributed by atoms with Crippen molar-refractivity contribution >= 4 is 17.1 Å². The normalized spacial score (nSPS) is 27.6. The molecule has 1 heterocycles. The van der Waals surface area contributed by atoms with Gasteiger partial charge in [0, 0.05) is 22.2 Å². The first-order valence-corrected chi connectivity index (χ1v) is 19.2. The van der Waals surface area contributed by atoms with Crippen molar-refractivity contribution in [1.29, 1.82) is 0 Å². The smallest absolute Gasteiger partial charge is 0.155 e. The van der Waals surface area contributed by atoms with E-state index in [0.717, 1.165) is 35.4 Å². The fourth-order valence-corrected chi connectivity index (χ4v) is 11.8. The highest BCUT2D eigenvalue weighted by molar-refractivity contribution is 5.86. The van der Waals surface area contributed by atoms with Gasteiger partial charge in [-0.2, -0.15) is 0 Å². The van der Waals surface area contributed by atoms with Gasteiger partial charge in [0.05, 0.1) is 11.4 Å². The summed E-state index contributed by atoms with van der Waals surface area (Å²) in [5.41, 5.74) is 12.1. The summed E-state index contributed by atoms with van der Waals surface area (Å²) in [6.45, 7) is 9.78. The van der Waals surface area contributed by atoms with E-state index in [1.54, 1.807) is 0 Å². The molecule has 0 N–H and O–H groups in total. The predicted molar refractivity (Wildman–Crippen MR) is 206 cm³/mol. The van der Waals surface area contributed by atoms with E-state index >= 15 is 0 Å². The molecule has 4 bridgehead atoms. The molecule has 0 radical (unpaired) electrons. The molecule has 5 aromatic carbocycles. The van der Waals surface area contributed by atoms with Crippen LogP contribution >= 0.6 is 0 Å². The fourth-order valence-electron chi connectivity index (χ4n) is 11.8. The van der Waals surface area contributed by atoms with Gasteiger partial charge in [-0.3, -0.25) is 0 Å². The fraction of sp³-hybridized carbons (Fsp3) is 0.375. The number of para-hydroxylation sites is 2. The van der Waals surface area contributed by atoms with E-state index in [4.69, 9.17) is 4.74 Å². The third-order valence-electron chi connectivity index (χ3n) is 13.9. The van der Waals surface area contributed by atoms with E-state index in [0.29, 0.717) is 11.8 Å². The Labute approximate surface area is 298 Å². The van der Waals surface area contributed by atoms with E-state index in [1.165, 1.54) is 83.3 Å². The van der Waals surface area contributed by atoms with E-state index in [1.807, 2.05) is 0 Å². The van der Waals surface area contributed by atoms with Crippen LogP contribution in [0.4, 0.5) is 17.1 Å². The number of ether oxygens (including phenoxy) is 1.